The van der Waals surface area contributed by atoms with Crippen LogP contribution in [-0.4, -0.2) is 11.9 Å². The normalized spacial score (nSPS) is 12.0. The van der Waals surface area contributed by atoms with Crippen molar-refractivity contribution in [1.82, 2.24) is 0 Å². The lowest BCUT2D eigenvalue weighted by molar-refractivity contribution is 1.12. The third-order valence-electron chi connectivity index (χ3n) is 2.90. The summed E-state index contributed by atoms with van der Waals surface area (Å²) >= 11 is 0. The van der Waals surface area contributed by atoms with Gasteiger partial charge in [0, 0.05) is 17.5 Å². The number of rotatable bonds is 4. The van der Waals surface area contributed by atoms with Crippen molar-refractivity contribution in [3.05, 3.63) is 40.5 Å². The topological polar surface area (TPSA) is 47.7 Å². The van der Waals surface area contributed by atoms with Crippen molar-refractivity contribution in [2.24, 2.45) is 0 Å². The van der Waals surface area contributed by atoms with Gasteiger partial charge in [-0.25, -0.2) is 0 Å². The third kappa shape index (κ3) is 2.90. The van der Waals surface area contributed by atoms with Crippen LogP contribution in [0.3, 0.4) is 0 Å². The molecule has 2 nitrogen and oxygen atoms in total. The number of aryl methyl sites for hydroxylation is 2. The van der Waals surface area contributed by atoms with Gasteiger partial charge >= 0.3 is 0 Å². The molecule has 0 aliphatic carbocycles. The highest BCUT2D eigenvalue weighted by atomic mass is 14.4. The van der Waals surface area contributed by atoms with Crippen LogP contribution >= 0.6 is 0 Å². The van der Waals surface area contributed by atoms with Gasteiger partial charge in [0.25, 0.3) is 0 Å². The minimum absolute atomic E-state index is 0.518. The molecule has 2 heteroatoms. The van der Waals surface area contributed by atoms with E-state index in [9.17, 15) is 0 Å². The lowest BCUT2D eigenvalue weighted by atomic mass is 9.91. The monoisotopic (exact) mass is 228 g/mol. The van der Waals surface area contributed by atoms with Gasteiger partial charge in [0.1, 0.15) is 0 Å². The van der Waals surface area contributed by atoms with Crippen molar-refractivity contribution in [2.45, 2.75) is 34.1 Å². The molecule has 17 heavy (non-hydrogen) atoms. The Labute approximate surface area is 103 Å². The summed E-state index contributed by atoms with van der Waals surface area (Å²) in [5.74, 6) is 0. The van der Waals surface area contributed by atoms with E-state index in [2.05, 4.69) is 32.0 Å². The number of nitrogens with one attached hydrogen (secondary N) is 2. The van der Waals surface area contributed by atoms with Crippen LogP contribution in [0.4, 0.5) is 0 Å². The molecule has 90 valence electrons. The maximum Gasteiger partial charge on any atom is 0.0364 e. The summed E-state index contributed by atoms with van der Waals surface area (Å²) in [6, 6.07) is 6.29. The Bertz CT molecular complexity index is 482. The van der Waals surface area contributed by atoms with Gasteiger partial charge in [-0.2, -0.15) is 0 Å². The molecule has 1 aromatic carbocycles. The van der Waals surface area contributed by atoms with E-state index < -0.39 is 0 Å². The molecule has 1 rings (SSSR count). The molecule has 2 N–H and O–H groups in total. The van der Waals surface area contributed by atoms with Crippen LogP contribution < -0.4 is 0 Å². The van der Waals surface area contributed by atoms with Crippen molar-refractivity contribution in [3.8, 4) is 0 Å². The predicted molar refractivity (Wildman–Crippen MR) is 75.3 cm³/mol. The van der Waals surface area contributed by atoms with Gasteiger partial charge in [0.15, 0.2) is 0 Å². The van der Waals surface area contributed by atoms with Crippen molar-refractivity contribution in [2.75, 3.05) is 0 Å². The fourth-order valence-electron chi connectivity index (χ4n) is 2.04. The third-order valence-corrected chi connectivity index (χ3v) is 2.90. The van der Waals surface area contributed by atoms with Crippen LogP contribution in [0.5, 0.6) is 0 Å². The molecule has 0 saturated carbocycles. The maximum absolute atomic E-state index is 7.89. The Balaban J connectivity index is 3.49. The van der Waals surface area contributed by atoms with Crippen LogP contribution in [0.1, 0.15) is 37.5 Å². The van der Waals surface area contributed by atoms with Crippen LogP contribution in [0, 0.1) is 17.7 Å². The summed E-state index contributed by atoms with van der Waals surface area (Å²) in [6.07, 6.45) is 2.27. The summed E-state index contributed by atoms with van der Waals surface area (Å²) in [4.78, 5) is 0. The van der Waals surface area contributed by atoms with Gasteiger partial charge in [-0.15, -0.1) is 0 Å². The van der Waals surface area contributed by atoms with Gasteiger partial charge < -0.3 is 10.8 Å². The van der Waals surface area contributed by atoms with E-state index in [0.717, 1.165) is 23.1 Å². The van der Waals surface area contributed by atoms with E-state index in [1.54, 1.807) is 6.92 Å². The van der Waals surface area contributed by atoms with Crippen LogP contribution in [-0.2, 0) is 6.42 Å². The molecule has 0 saturated heterocycles. The molecule has 0 radical (unpaired) electrons. The number of benzene rings is 1. The Morgan fingerprint density at radius 3 is 2.41 bits per heavy atom. The minimum Gasteiger partial charge on any atom is -0.308 e. The molecule has 0 unspecified atom stereocenters. The van der Waals surface area contributed by atoms with E-state index in [0.29, 0.717) is 5.71 Å². The second-order valence-corrected chi connectivity index (χ2v) is 4.34. The Hall–Kier alpha value is -1.70. The quantitative estimate of drug-likeness (QED) is 0.731. The SMILES string of the molecule is CCc1cc(C)ccc1/C(C(C)=N)=C(\C)C=N. The second kappa shape index (κ2) is 5.58. The second-order valence-electron chi connectivity index (χ2n) is 4.34. The first-order valence-electron chi connectivity index (χ1n) is 5.88. The minimum atomic E-state index is 0.518. The Kier molecular flexibility index (Phi) is 4.38. The summed E-state index contributed by atoms with van der Waals surface area (Å²) in [7, 11) is 0. The molecule has 0 spiro atoms. The first kappa shape index (κ1) is 13.4. The summed E-state index contributed by atoms with van der Waals surface area (Å²) in [6.45, 7) is 7.86. The zero-order chi connectivity index (χ0) is 13.0. The van der Waals surface area contributed by atoms with Crippen LogP contribution in [0.2, 0.25) is 0 Å². The van der Waals surface area contributed by atoms with Crippen molar-refractivity contribution in [3.63, 3.8) is 0 Å². The molecule has 0 heterocycles. The lowest BCUT2D eigenvalue weighted by Gasteiger charge is -2.14. The Morgan fingerprint density at radius 2 is 1.94 bits per heavy atom. The lowest BCUT2D eigenvalue weighted by Crippen LogP contribution is -2.03. The Morgan fingerprint density at radius 1 is 1.29 bits per heavy atom. The standard InChI is InChI=1S/C15H20N2/c1-5-13-8-10(2)6-7-14(13)15(12(4)17)11(3)9-16/h6-9,16-17H,5H2,1-4H3/b15-11+,16-9?,17-12?. The summed E-state index contributed by atoms with van der Waals surface area (Å²) in [5, 5.41) is 15.3. The molecular formula is C15H20N2. The molecule has 0 atom stereocenters. The highest BCUT2D eigenvalue weighted by Crippen LogP contribution is 2.24. The maximum atomic E-state index is 7.89. The summed E-state index contributed by atoms with van der Waals surface area (Å²) < 4.78 is 0. The smallest absolute Gasteiger partial charge is 0.0364 e. The molecule has 0 aliphatic heterocycles. The van der Waals surface area contributed by atoms with E-state index in [1.165, 1.54) is 17.3 Å². The molecule has 0 bridgehead atoms. The zero-order valence-electron chi connectivity index (χ0n) is 11.0. The predicted octanol–water partition coefficient (Wildman–Crippen LogP) is 4.02. The number of allylic oxidation sites excluding steroid dienone is 2. The highest BCUT2D eigenvalue weighted by molar-refractivity contribution is 6.25. The van der Waals surface area contributed by atoms with Crippen LogP contribution in [0.25, 0.3) is 5.57 Å². The number of hydrogen-bond acceptors (Lipinski definition) is 2. The van der Waals surface area contributed by atoms with Crippen molar-refractivity contribution >= 4 is 17.5 Å². The van der Waals surface area contributed by atoms with Gasteiger partial charge in [0.2, 0.25) is 0 Å². The molecular weight excluding hydrogens is 208 g/mol. The summed E-state index contributed by atoms with van der Waals surface area (Å²) in [5.41, 5.74) is 5.82. The van der Waals surface area contributed by atoms with E-state index in [1.807, 2.05) is 6.92 Å². The highest BCUT2D eigenvalue weighted by Gasteiger charge is 2.11. The van der Waals surface area contributed by atoms with Crippen molar-refractivity contribution in [1.29, 1.82) is 10.8 Å². The van der Waals surface area contributed by atoms with Gasteiger partial charge in [0.05, 0.1) is 0 Å². The average molecular weight is 228 g/mol. The van der Waals surface area contributed by atoms with Crippen LogP contribution in [0.15, 0.2) is 23.8 Å². The molecule has 0 amide bonds. The van der Waals surface area contributed by atoms with E-state index in [4.69, 9.17) is 10.8 Å². The van der Waals surface area contributed by atoms with Crippen molar-refractivity contribution < 1.29 is 0 Å². The van der Waals surface area contributed by atoms with Gasteiger partial charge in [-0.3, -0.25) is 0 Å². The first-order valence-corrected chi connectivity index (χ1v) is 5.88. The average Bonchev–Trinajstić information content (AvgIpc) is 2.30. The molecule has 0 aliphatic rings. The molecule has 0 aromatic heterocycles. The zero-order valence-corrected chi connectivity index (χ0v) is 11.0. The van der Waals surface area contributed by atoms with Gasteiger partial charge in [-0.05, 0) is 43.9 Å². The molecule has 1 aromatic rings. The molecule has 0 fully saturated rings. The van der Waals surface area contributed by atoms with E-state index in [-0.39, 0.29) is 0 Å². The first-order chi connectivity index (χ1) is 8.01. The van der Waals surface area contributed by atoms with Gasteiger partial charge in [-0.1, -0.05) is 30.7 Å². The fraction of sp³-hybridized carbons (Fsp3) is 0.333. The largest absolute Gasteiger partial charge is 0.308 e. The number of hydrogen-bond donors (Lipinski definition) is 2. The fourth-order valence-corrected chi connectivity index (χ4v) is 2.04. The van der Waals surface area contributed by atoms with E-state index >= 15 is 0 Å².